The lowest BCUT2D eigenvalue weighted by atomic mass is 10.0. The van der Waals surface area contributed by atoms with Gasteiger partial charge in [-0.2, -0.15) is 0 Å². The minimum absolute atomic E-state index is 0.0725. The van der Waals surface area contributed by atoms with E-state index in [1.807, 2.05) is 48.5 Å². The summed E-state index contributed by atoms with van der Waals surface area (Å²) in [4.78, 5) is 21.7. The molecule has 2 fully saturated rings. The first-order valence-corrected chi connectivity index (χ1v) is 12.2. The molecule has 6 nitrogen and oxygen atoms in total. The topological polar surface area (TPSA) is 54.9 Å². The number of aromatic nitrogens is 1. The van der Waals surface area contributed by atoms with Crippen molar-refractivity contribution in [1.82, 2.24) is 9.88 Å². The van der Waals surface area contributed by atoms with Crippen LogP contribution in [0.1, 0.15) is 23.2 Å². The molecular weight excluding hydrogens is 450 g/mol. The van der Waals surface area contributed by atoms with Crippen LogP contribution in [0.25, 0.3) is 11.1 Å². The summed E-state index contributed by atoms with van der Waals surface area (Å²) in [5.74, 6) is 2.28. The van der Waals surface area contributed by atoms with Gasteiger partial charge < -0.3 is 14.4 Å². The Morgan fingerprint density at radius 3 is 2.56 bits per heavy atom. The lowest BCUT2D eigenvalue weighted by Gasteiger charge is -2.39. The summed E-state index contributed by atoms with van der Waals surface area (Å²) in [6.45, 7) is 4.12. The molecular formula is C27H26ClN3O3. The Labute approximate surface area is 204 Å². The Balaban J connectivity index is 1.14. The number of amides is 1. The predicted molar refractivity (Wildman–Crippen MR) is 132 cm³/mol. The maximum absolute atomic E-state index is 13.4. The van der Waals surface area contributed by atoms with Gasteiger partial charge in [0, 0.05) is 37.1 Å². The van der Waals surface area contributed by atoms with Gasteiger partial charge in [0.25, 0.3) is 5.91 Å². The summed E-state index contributed by atoms with van der Waals surface area (Å²) in [6, 6.07) is 17.1. The van der Waals surface area contributed by atoms with Crippen LogP contribution < -0.4 is 14.4 Å². The number of rotatable bonds is 6. The fourth-order valence-electron chi connectivity index (χ4n) is 4.59. The van der Waals surface area contributed by atoms with Crippen LogP contribution in [0, 0.1) is 5.92 Å². The monoisotopic (exact) mass is 475 g/mol. The van der Waals surface area contributed by atoms with E-state index in [0.29, 0.717) is 29.6 Å². The normalized spacial score (nSPS) is 18.6. The molecule has 6 rings (SSSR count). The van der Waals surface area contributed by atoms with Gasteiger partial charge in [0.05, 0.1) is 12.1 Å². The van der Waals surface area contributed by atoms with Gasteiger partial charge in [-0.15, -0.1) is 0 Å². The zero-order valence-corrected chi connectivity index (χ0v) is 19.6. The Hall–Kier alpha value is -3.09. The van der Waals surface area contributed by atoms with Gasteiger partial charge in [-0.05, 0) is 72.9 Å². The molecule has 1 saturated heterocycles. The third-order valence-corrected chi connectivity index (χ3v) is 6.90. The smallest absolute Gasteiger partial charge is 0.262 e. The highest BCUT2D eigenvalue weighted by atomic mass is 35.5. The van der Waals surface area contributed by atoms with Gasteiger partial charge in [0.15, 0.2) is 0 Å². The summed E-state index contributed by atoms with van der Waals surface area (Å²) >= 11 is 5.90. The number of pyridine rings is 1. The number of carbonyl (C=O) groups is 1. The minimum Gasteiger partial charge on any atom is -0.491 e. The molecule has 34 heavy (non-hydrogen) atoms. The molecule has 0 radical (unpaired) electrons. The molecule has 0 spiro atoms. The van der Waals surface area contributed by atoms with Gasteiger partial charge in [0.2, 0.25) is 0 Å². The Morgan fingerprint density at radius 2 is 1.82 bits per heavy atom. The van der Waals surface area contributed by atoms with Crippen molar-refractivity contribution in [2.45, 2.75) is 18.9 Å². The van der Waals surface area contributed by atoms with Gasteiger partial charge in [-0.1, -0.05) is 17.7 Å². The third-order valence-electron chi connectivity index (χ3n) is 6.68. The van der Waals surface area contributed by atoms with Crippen LogP contribution >= 0.6 is 11.6 Å². The molecule has 3 heterocycles. The second kappa shape index (κ2) is 8.93. The Bertz CT molecular complexity index is 1190. The van der Waals surface area contributed by atoms with E-state index in [-0.39, 0.29) is 12.0 Å². The van der Waals surface area contributed by atoms with Gasteiger partial charge in [-0.25, -0.2) is 4.98 Å². The zero-order chi connectivity index (χ0) is 23.1. The molecule has 3 aromatic rings. The van der Waals surface area contributed by atoms with Crippen LogP contribution in [-0.2, 0) is 0 Å². The maximum atomic E-state index is 13.4. The molecule has 2 aliphatic heterocycles. The van der Waals surface area contributed by atoms with E-state index in [2.05, 4.69) is 9.88 Å². The number of fused-ring (bicyclic) bond motifs is 1. The fraction of sp³-hybridized carbons (Fsp3) is 0.333. The molecule has 0 N–H and O–H groups in total. The predicted octanol–water partition coefficient (Wildman–Crippen LogP) is 4.91. The van der Waals surface area contributed by atoms with E-state index >= 15 is 0 Å². The van der Waals surface area contributed by atoms with Crippen molar-refractivity contribution in [3.8, 4) is 22.6 Å². The summed E-state index contributed by atoms with van der Waals surface area (Å²) in [7, 11) is 0. The lowest BCUT2D eigenvalue weighted by molar-refractivity contribution is 0.0172. The standard InChI is InChI=1S/C27H26ClN3O3/c28-26-10-4-20(14-29-26)19-3-9-24-25(13-19)33-12-11-31(27(24)32)21-5-7-22(8-6-21)34-23-16-30(17-23)15-18-1-2-18/h3-10,13-14,18,23H,1-2,11-12,15-17H2. The van der Waals surface area contributed by atoms with Crippen LogP contribution in [0.2, 0.25) is 5.15 Å². The van der Waals surface area contributed by atoms with Crippen molar-refractivity contribution in [2.75, 3.05) is 37.7 Å². The number of hydrogen-bond donors (Lipinski definition) is 0. The summed E-state index contributed by atoms with van der Waals surface area (Å²) in [5, 5.41) is 0.445. The maximum Gasteiger partial charge on any atom is 0.262 e. The molecule has 7 heteroatoms. The molecule has 1 aromatic heterocycles. The van der Waals surface area contributed by atoms with Gasteiger partial charge in [-0.3, -0.25) is 9.69 Å². The lowest BCUT2D eigenvalue weighted by Crippen LogP contribution is -2.54. The van der Waals surface area contributed by atoms with Crippen LogP contribution in [0.5, 0.6) is 11.5 Å². The summed E-state index contributed by atoms with van der Waals surface area (Å²) in [6.07, 6.45) is 4.74. The van der Waals surface area contributed by atoms with Crippen molar-refractivity contribution in [3.63, 3.8) is 0 Å². The van der Waals surface area contributed by atoms with Crippen molar-refractivity contribution >= 4 is 23.2 Å². The van der Waals surface area contributed by atoms with E-state index in [0.717, 1.165) is 41.6 Å². The van der Waals surface area contributed by atoms with Gasteiger partial charge in [0.1, 0.15) is 29.4 Å². The van der Waals surface area contributed by atoms with Crippen LogP contribution in [0.4, 0.5) is 5.69 Å². The number of hydrogen-bond acceptors (Lipinski definition) is 5. The molecule has 174 valence electrons. The first-order chi connectivity index (χ1) is 16.6. The van der Waals surface area contributed by atoms with Crippen molar-refractivity contribution in [3.05, 3.63) is 71.5 Å². The second-order valence-corrected chi connectivity index (χ2v) is 9.67. The van der Waals surface area contributed by atoms with Gasteiger partial charge >= 0.3 is 0 Å². The largest absolute Gasteiger partial charge is 0.491 e. The Kier molecular flexibility index (Phi) is 5.63. The molecule has 1 aliphatic carbocycles. The van der Waals surface area contributed by atoms with E-state index in [1.165, 1.54) is 19.4 Å². The molecule has 2 aromatic carbocycles. The highest BCUT2D eigenvalue weighted by Crippen LogP contribution is 2.33. The average Bonchev–Trinajstić information content (AvgIpc) is 3.66. The summed E-state index contributed by atoms with van der Waals surface area (Å²) < 4.78 is 12.1. The first kappa shape index (κ1) is 21.4. The number of ether oxygens (including phenoxy) is 2. The second-order valence-electron chi connectivity index (χ2n) is 9.28. The molecule has 0 bridgehead atoms. The summed E-state index contributed by atoms with van der Waals surface area (Å²) in [5.41, 5.74) is 3.23. The van der Waals surface area contributed by atoms with E-state index in [9.17, 15) is 4.79 Å². The quantitative estimate of drug-likeness (QED) is 0.474. The third kappa shape index (κ3) is 4.48. The van der Waals surface area contributed by atoms with E-state index in [4.69, 9.17) is 21.1 Å². The van der Waals surface area contributed by atoms with E-state index < -0.39 is 0 Å². The Morgan fingerprint density at radius 1 is 1.03 bits per heavy atom. The minimum atomic E-state index is -0.0725. The van der Waals surface area contributed by atoms with Crippen LogP contribution in [0.15, 0.2) is 60.8 Å². The molecule has 1 amide bonds. The highest BCUT2D eigenvalue weighted by molar-refractivity contribution is 6.29. The number of anilines is 1. The van der Waals surface area contributed by atoms with Crippen molar-refractivity contribution in [2.24, 2.45) is 5.92 Å². The van der Waals surface area contributed by atoms with Crippen LogP contribution in [0.3, 0.4) is 0 Å². The number of benzene rings is 2. The number of halogens is 1. The molecule has 1 saturated carbocycles. The first-order valence-electron chi connectivity index (χ1n) is 11.8. The SMILES string of the molecule is O=C1c2ccc(-c3ccc(Cl)nc3)cc2OCCN1c1ccc(OC2CN(CC3CC3)C2)cc1. The molecule has 0 atom stereocenters. The number of likely N-dealkylation sites (tertiary alicyclic amines) is 1. The van der Waals surface area contributed by atoms with Crippen molar-refractivity contribution in [1.29, 1.82) is 0 Å². The zero-order valence-electron chi connectivity index (χ0n) is 18.8. The number of nitrogens with zero attached hydrogens (tertiary/aromatic N) is 3. The average molecular weight is 476 g/mol. The molecule has 3 aliphatic rings. The fourth-order valence-corrected chi connectivity index (χ4v) is 4.71. The number of carbonyl (C=O) groups excluding carboxylic acids is 1. The highest BCUT2D eigenvalue weighted by Gasteiger charge is 2.33. The van der Waals surface area contributed by atoms with E-state index in [1.54, 1.807) is 17.2 Å². The molecule has 0 unspecified atom stereocenters. The van der Waals surface area contributed by atoms with Crippen molar-refractivity contribution < 1.29 is 14.3 Å². The van der Waals surface area contributed by atoms with Crippen LogP contribution in [-0.4, -0.2) is 54.7 Å².